The number of aryl methyl sites for hydroxylation is 1. The summed E-state index contributed by atoms with van der Waals surface area (Å²) in [4.78, 5) is 36.3. The molecule has 0 saturated carbocycles. The van der Waals surface area contributed by atoms with Crippen molar-refractivity contribution in [2.24, 2.45) is 11.8 Å². The second kappa shape index (κ2) is 10.6. The van der Waals surface area contributed by atoms with E-state index in [2.05, 4.69) is 25.7 Å². The molecular formula is C26H34N4O2S2. The van der Waals surface area contributed by atoms with Gasteiger partial charge < -0.3 is 4.90 Å². The van der Waals surface area contributed by atoms with E-state index in [1.54, 1.807) is 21.6 Å². The van der Waals surface area contributed by atoms with Crippen LogP contribution in [0.5, 0.6) is 0 Å². The topological polar surface area (TPSA) is 57.9 Å². The lowest BCUT2D eigenvalue weighted by Gasteiger charge is -2.36. The minimum Gasteiger partial charge on any atom is -0.355 e. The molecule has 2 atom stereocenters. The Balaban J connectivity index is 1.76. The Bertz CT molecular complexity index is 1180. The van der Waals surface area contributed by atoms with Crippen LogP contribution in [0, 0.1) is 18.8 Å². The van der Waals surface area contributed by atoms with Gasteiger partial charge in [0.25, 0.3) is 11.5 Å². The number of carbonyl (C=O) groups excluding carboxylic acids is 1. The molecule has 0 spiro atoms. The molecule has 0 radical (unpaired) electrons. The summed E-state index contributed by atoms with van der Waals surface area (Å²) >= 11 is 6.81. The van der Waals surface area contributed by atoms with Crippen molar-refractivity contribution in [1.82, 2.24) is 14.3 Å². The van der Waals surface area contributed by atoms with Gasteiger partial charge in [0.05, 0.1) is 10.5 Å². The molecule has 2 fully saturated rings. The Kier molecular flexibility index (Phi) is 7.77. The number of thioether (sulfide) groups is 1. The van der Waals surface area contributed by atoms with E-state index in [1.807, 2.05) is 19.1 Å². The van der Waals surface area contributed by atoms with Gasteiger partial charge >= 0.3 is 0 Å². The molecule has 6 nitrogen and oxygen atoms in total. The van der Waals surface area contributed by atoms with E-state index in [1.165, 1.54) is 11.8 Å². The smallest absolute Gasteiger partial charge is 0.267 e. The number of hydrogen-bond acceptors (Lipinski definition) is 6. The van der Waals surface area contributed by atoms with Gasteiger partial charge in [-0.1, -0.05) is 70.1 Å². The van der Waals surface area contributed by atoms with Gasteiger partial charge in [-0.15, -0.1) is 0 Å². The summed E-state index contributed by atoms with van der Waals surface area (Å²) in [6.45, 7) is 10.9. The van der Waals surface area contributed by atoms with Gasteiger partial charge in [0.15, 0.2) is 0 Å². The number of unbranched alkanes of at least 4 members (excludes halogenated alkanes) is 3. The number of carbonyl (C=O) groups is 1. The predicted molar refractivity (Wildman–Crippen MR) is 145 cm³/mol. The highest BCUT2D eigenvalue weighted by atomic mass is 32.2. The largest absolute Gasteiger partial charge is 0.355 e. The molecule has 2 aromatic rings. The molecule has 2 aliphatic rings. The van der Waals surface area contributed by atoms with Crippen LogP contribution in [0.2, 0.25) is 0 Å². The second-order valence-corrected chi connectivity index (χ2v) is 11.5. The van der Waals surface area contributed by atoms with Crippen molar-refractivity contribution in [2.75, 3.05) is 24.5 Å². The van der Waals surface area contributed by atoms with Crippen molar-refractivity contribution in [1.29, 1.82) is 0 Å². The maximum Gasteiger partial charge on any atom is 0.267 e. The fourth-order valence-corrected chi connectivity index (χ4v) is 6.31. The van der Waals surface area contributed by atoms with Gasteiger partial charge in [0.2, 0.25) is 0 Å². The zero-order valence-corrected chi connectivity index (χ0v) is 22.2. The molecule has 2 unspecified atom stereocenters. The zero-order chi connectivity index (χ0) is 24.4. The van der Waals surface area contributed by atoms with E-state index in [0.717, 1.165) is 50.8 Å². The molecule has 2 aliphatic heterocycles. The number of rotatable bonds is 7. The average molecular weight is 499 g/mol. The molecule has 34 heavy (non-hydrogen) atoms. The molecule has 4 rings (SSSR count). The summed E-state index contributed by atoms with van der Waals surface area (Å²) in [5, 5.41) is 0. The van der Waals surface area contributed by atoms with E-state index < -0.39 is 0 Å². The lowest BCUT2D eigenvalue weighted by molar-refractivity contribution is -0.122. The Morgan fingerprint density at radius 2 is 1.91 bits per heavy atom. The maximum absolute atomic E-state index is 13.7. The normalized spacial score (nSPS) is 22.4. The van der Waals surface area contributed by atoms with Crippen LogP contribution in [-0.4, -0.2) is 44.1 Å². The number of amides is 1. The summed E-state index contributed by atoms with van der Waals surface area (Å²) in [5.74, 6) is 1.59. The maximum atomic E-state index is 13.7. The van der Waals surface area contributed by atoms with Gasteiger partial charge in [-0.25, -0.2) is 4.98 Å². The second-order valence-electron chi connectivity index (χ2n) is 9.78. The van der Waals surface area contributed by atoms with Gasteiger partial charge in [-0.05, 0) is 49.3 Å². The summed E-state index contributed by atoms with van der Waals surface area (Å²) in [6.07, 6.45) is 8.95. The Morgan fingerprint density at radius 1 is 1.18 bits per heavy atom. The molecular weight excluding hydrogens is 464 g/mol. The molecule has 182 valence electrons. The molecule has 8 heteroatoms. The third kappa shape index (κ3) is 5.08. The van der Waals surface area contributed by atoms with Gasteiger partial charge in [-0.2, -0.15) is 0 Å². The standard InChI is InChI=1S/C26H34N4O2S2/c1-5-6-7-8-11-30-25(32)21(34-26(30)33)14-20-23(28-15-17(2)13-18(3)16-28)27-22-19(4)10-9-12-29(22)24(20)31/h9-10,12,14,17-18H,5-8,11,13,15-16H2,1-4H3/b21-14-. The number of aromatic nitrogens is 2. The Morgan fingerprint density at radius 3 is 2.62 bits per heavy atom. The van der Waals surface area contributed by atoms with E-state index in [-0.39, 0.29) is 11.5 Å². The third-order valence-corrected chi connectivity index (χ3v) is 7.99. The number of thiocarbonyl (C=S) groups is 1. The highest BCUT2D eigenvalue weighted by molar-refractivity contribution is 8.26. The first-order valence-electron chi connectivity index (χ1n) is 12.3. The lowest BCUT2D eigenvalue weighted by atomic mass is 9.91. The predicted octanol–water partition coefficient (Wildman–Crippen LogP) is 5.27. The van der Waals surface area contributed by atoms with E-state index in [9.17, 15) is 9.59 Å². The van der Waals surface area contributed by atoms with Crippen LogP contribution >= 0.6 is 24.0 Å². The van der Waals surface area contributed by atoms with Crippen molar-refractivity contribution in [2.45, 2.75) is 59.8 Å². The fourth-order valence-electron chi connectivity index (χ4n) is 5.02. The van der Waals surface area contributed by atoms with Crippen LogP contribution in [0.4, 0.5) is 5.82 Å². The fraction of sp³-hybridized carbons (Fsp3) is 0.538. The van der Waals surface area contributed by atoms with Crippen molar-refractivity contribution >= 4 is 51.7 Å². The zero-order valence-electron chi connectivity index (χ0n) is 20.5. The number of piperidine rings is 1. The van der Waals surface area contributed by atoms with Crippen LogP contribution in [0.25, 0.3) is 11.7 Å². The average Bonchev–Trinajstić information content (AvgIpc) is 3.05. The van der Waals surface area contributed by atoms with E-state index in [4.69, 9.17) is 17.2 Å². The summed E-state index contributed by atoms with van der Waals surface area (Å²) in [5.41, 5.74) is 1.93. The number of nitrogens with zero attached hydrogens (tertiary/aromatic N) is 4. The Labute approximate surface area is 211 Å². The van der Waals surface area contributed by atoms with Crippen LogP contribution in [-0.2, 0) is 4.79 Å². The minimum atomic E-state index is -0.150. The molecule has 2 saturated heterocycles. The highest BCUT2D eigenvalue weighted by Crippen LogP contribution is 2.35. The van der Waals surface area contributed by atoms with Crippen LogP contribution in [0.15, 0.2) is 28.0 Å². The molecule has 0 aromatic carbocycles. The summed E-state index contributed by atoms with van der Waals surface area (Å²) in [6, 6.07) is 3.83. The lowest BCUT2D eigenvalue weighted by Crippen LogP contribution is -2.40. The number of pyridine rings is 1. The SMILES string of the molecule is CCCCCCN1C(=O)/C(=C/c2c(N3CC(C)CC(C)C3)nc3c(C)cccn3c2=O)SC1=S. The third-order valence-electron chi connectivity index (χ3n) is 6.62. The van der Waals surface area contributed by atoms with Crippen LogP contribution in [0.1, 0.15) is 64.0 Å². The first-order chi connectivity index (χ1) is 16.3. The molecule has 0 bridgehead atoms. The van der Waals surface area contributed by atoms with Gasteiger partial charge in [-0.3, -0.25) is 18.9 Å². The molecule has 1 amide bonds. The number of anilines is 1. The molecule has 0 aliphatic carbocycles. The molecule has 0 N–H and O–H groups in total. The van der Waals surface area contributed by atoms with Gasteiger partial charge in [0.1, 0.15) is 15.8 Å². The Hall–Kier alpha value is -2.19. The first kappa shape index (κ1) is 24.9. The van der Waals surface area contributed by atoms with Crippen LogP contribution < -0.4 is 10.5 Å². The quantitative estimate of drug-likeness (QED) is 0.295. The van der Waals surface area contributed by atoms with E-state index >= 15 is 0 Å². The molecule has 4 heterocycles. The van der Waals surface area contributed by atoms with Crippen molar-refractivity contribution in [3.63, 3.8) is 0 Å². The van der Waals surface area contributed by atoms with Crippen molar-refractivity contribution in [3.05, 3.63) is 44.7 Å². The summed E-state index contributed by atoms with van der Waals surface area (Å²) in [7, 11) is 0. The van der Waals surface area contributed by atoms with Crippen LogP contribution in [0.3, 0.4) is 0 Å². The summed E-state index contributed by atoms with van der Waals surface area (Å²) < 4.78 is 2.16. The van der Waals surface area contributed by atoms with E-state index in [0.29, 0.717) is 44.6 Å². The number of fused-ring (bicyclic) bond motifs is 1. The number of hydrogen-bond donors (Lipinski definition) is 0. The minimum absolute atomic E-state index is 0.105. The monoisotopic (exact) mass is 498 g/mol. The van der Waals surface area contributed by atoms with Gasteiger partial charge in [0, 0.05) is 25.8 Å². The molecule has 2 aromatic heterocycles. The highest BCUT2D eigenvalue weighted by Gasteiger charge is 2.33. The van der Waals surface area contributed by atoms with Crippen molar-refractivity contribution in [3.8, 4) is 0 Å². The first-order valence-corrected chi connectivity index (χ1v) is 13.5. The van der Waals surface area contributed by atoms with Crippen molar-refractivity contribution < 1.29 is 4.79 Å².